The second kappa shape index (κ2) is 7.25. The molecule has 5 nitrogen and oxygen atoms in total. The Bertz CT molecular complexity index is 596. The van der Waals surface area contributed by atoms with Gasteiger partial charge in [-0.2, -0.15) is 0 Å². The van der Waals surface area contributed by atoms with Crippen LogP contribution in [0.4, 0.5) is 10.5 Å². The normalized spacial score (nSPS) is 15.0. The van der Waals surface area contributed by atoms with Gasteiger partial charge in [-0.1, -0.05) is 38.6 Å². The van der Waals surface area contributed by atoms with Gasteiger partial charge in [0.2, 0.25) is 5.91 Å². The number of methoxy groups -OCH3 is 1. The van der Waals surface area contributed by atoms with E-state index in [-0.39, 0.29) is 23.0 Å². The third kappa shape index (κ3) is 4.64. The van der Waals surface area contributed by atoms with E-state index >= 15 is 0 Å². The SMILES string of the molecule is COc1ccc(C(C)(C)C)cc1NC(=O)CCN1CCSC1=O. The minimum Gasteiger partial charge on any atom is -0.495 e. The van der Waals surface area contributed by atoms with E-state index in [0.717, 1.165) is 17.9 Å². The second-order valence-electron chi connectivity index (χ2n) is 6.56. The van der Waals surface area contributed by atoms with E-state index in [1.54, 1.807) is 12.0 Å². The average molecular weight is 336 g/mol. The van der Waals surface area contributed by atoms with Gasteiger partial charge in [-0.15, -0.1) is 0 Å². The van der Waals surface area contributed by atoms with Crippen LogP contribution in [0, 0.1) is 0 Å². The van der Waals surface area contributed by atoms with Crippen molar-refractivity contribution in [3.8, 4) is 5.75 Å². The van der Waals surface area contributed by atoms with Crippen molar-refractivity contribution in [1.82, 2.24) is 4.90 Å². The lowest BCUT2D eigenvalue weighted by Gasteiger charge is -2.21. The van der Waals surface area contributed by atoms with Gasteiger partial charge in [-0.05, 0) is 23.1 Å². The molecule has 0 atom stereocenters. The Kier molecular flexibility index (Phi) is 5.57. The molecule has 0 radical (unpaired) electrons. The molecule has 0 saturated carbocycles. The summed E-state index contributed by atoms with van der Waals surface area (Å²) in [7, 11) is 1.59. The number of rotatable bonds is 5. The van der Waals surface area contributed by atoms with Gasteiger partial charge in [0.1, 0.15) is 5.75 Å². The maximum atomic E-state index is 12.2. The fourth-order valence-corrected chi connectivity index (χ4v) is 3.20. The van der Waals surface area contributed by atoms with Crippen molar-refractivity contribution in [2.24, 2.45) is 0 Å². The van der Waals surface area contributed by atoms with Crippen molar-refractivity contribution < 1.29 is 14.3 Å². The van der Waals surface area contributed by atoms with Crippen LogP contribution in [0.2, 0.25) is 0 Å². The molecule has 1 aliphatic rings. The van der Waals surface area contributed by atoms with Gasteiger partial charge in [0.25, 0.3) is 5.24 Å². The van der Waals surface area contributed by atoms with Crippen LogP contribution in [-0.4, -0.2) is 42.0 Å². The molecule has 1 aromatic rings. The summed E-state index contributed by atoms with van der Waals surface area (Å²) in [6.45, 7) is 7.55. The van der Waals surface area contributed by atoms with Gasteiger partial charge in [0.05, 0.1) is 12.8 Å². The first-order chi connectivity index (χ1) is 10.8. The number of carbonyl (C=O) groups is 2. The zero-order chi connectivity index (χ0) is 17.0. The summed E-state index contributed by atoms with van der Waals surface area (Å²) in [6, 6.07) is 5.83. The molecule has 1 aliphatic heterocycles. The van der Waals surface area contributed by atoms with Crippen molar-refractivity contribution in [3.05, 3.63) is 23.8 Å². The average Bonchev–Trinajstić information content (AvgIpc) is 2.89. The summed E-state index contributed by atoms with van der Waals surface area (Å²) in [5.41, 5.74) is 1.79. The zero-order valence-electron chi connectivity index (χ0n) is 14.1. The molecule has 1 saturated heterocycles. The van der Waals surface area contributed by atoms with E-state index in [9.17, 15) is 9.59 Å². The van der Waals surface area contributed by atoms with E-state index in [1.165, 1.54) is 11.8 Å². The number of amides is 2. The molecule has 2 amide bonds. The molecule has 0 spiro atoms. The van der Waals surface area contributed by atoms with Crippen molar-refractivity contribution in [3.63, 3.8) is 0 Å². The molecule has 126 valence electrons. The first kappa shape index (κ1) is 17.7. The van der Waals surface area contributed by atoms with Crippen LogP contribution in [0.1, 0.15) is 32.8 Å². The monoisotopic (exact) mass is 336 g/mol. The third-order valence-electron chi connectivity index (χ3n) is 3.79. The highest BCUT2D eigenvalue weighted by Gasteiger charge is 2.22. The quantitative estimate of drug-likeness (QED) is 0.894. The van der Waals surface area contributed by atoms with Crippen LogP contribution >= 0.6 is 11.8 Å². The van der Waals surface area contributed by atoms with E-state index in [1.807, 2.05) is 18.2 Å². The van der Waals surface area contributed by atoms with Gasteiger partial charge in [0.15, 0.2) is 0 Å². The van der Waals surface area contributed by atoms with Gasteiger partial charge >= 0.3 is 0 Å². The molecule has 0 aliphatic carbocycles. The summed E-state index contributed by atoms with van der Waals surface area (Å²) in [5.74, 6) is 1.33. The summed E-state index contributed by atoms with van der Waals surface area (Å²) in [6.07, 6.45) is 0.287. The van der Waals surface area contributed by atoms with E-state index in [0.29, 0.717) is 18.0 Å². The number of anilines is 1. The number of carbonyl (C=O) groups excluding carboxylic acids is 2. The maximum absolute atomic E-state index is 12.2. The smallest absolute Gasteiger partial charge is 0.281 e. The topological polar surface area (TPSA) is 58.6 Å². The molecular weight excluding hydrogens is 312 g/mol. The fraction of sp³-hybridized carbons (Fsp3) is 0.529. The van der Waals surface area contributed by atoms with Gasteiger partial charge in [0, 0.05) is 25.3 Å². The van der Waals surface area contributed by atoms with Gasteiger partial charge in [-0.25, -0.2) is 0 Å². The van der Waals surface area contributed by atoms with Crippen LogP contribution in [0.25, 0.3) is 0 Å². The van der Waals surface area contributed by atoms with Crippen LogP contribution in [-0.2, 0) is 10.2 Å². The molecule has 2 rings (SSSR count). The Labute approximate surface area is 141 Å². The van der Waals surface area contributed by atoms with Gasteiger partial charge < -0.3 is 15.0 Å². The number of hydrogen-bond donors (Lipinski definition) is 1. The molecule has 0 unspecified atom stereocenters. The highest BCUT2D eigenvalue weighted by atomic mass is 32.2. The lowest BCUT2D eigenvalue weighted by Crippen LogP contribution is -2.27. The Morgan fingerprint density at radius 3 is 2.70 bits per heavy atom. The van der Waals surface area contributed by atoms with E-state index in [2.05, 4.69) is 26.1 Å². The Morgan fingerprint density at radius 2 is 2.13 bits per heavy atom. The number of benzene rings is 1. The molecule has 0 bridgehead atoms. The molecule has 1 fully saturated rings. The number of nitrogens with one attached hydrogen (secondary N) is 1. The molecule has 23 heavy (non-hydrogen) atoms. The van der Waals surface area contributed by atoms with E-state index in [4.69, 9.17) is 4.74 Å². The molecule has 1 heterocycles. The van der Waals surface area contributed by atoms with Crippen LogP contribution in [0.5, 0.6) is 5.75 Å². The first-order valence-corrected chi connectivity index (χ1v) is 8.70. The largest absolute Gasteiger partial charge is 0.495 e. The number of nitrogens with zero attached hydrogens (tertiary/aromatic N) is 1. The molecule has 1 N–H and O–H groups in total. The van der Waals surface area contributed by atoms with Crippen LogP contribution in [0.15, 0.2) is 18.2 Å². The summed E-state index contributed by atoms with van der Waals surface area (Å²) in [5, 5.41) is 2.96. The zero-order valence-corrected chi connectivity index (χ0v) is 15.0. The lowest BCUT2D eigenvalue weighted by atomic mass is 9.87. The maximum Gasteiger partial charge on any atom is 0.281 e. The second-order valence-corrected chi connectivity index (χ2v) is 7.61. The van der Waals surface area contributed by atoms with Crippen molar-refractivity contribution >= 4 is 28.6 Å². The Morgan fingerprint density at radius 1 is 1.39 bits per heavy atom. The van der Waals surface area contributed by atoms with Crippen molar-refractivity contribution in [2.75, 3.05) is 31.3 Å². The molecular formula is C17H24N2O3S. The molecule has 6 heteroatoms. The predicted octanol–water partition coefficient (Wildman–Crippen LogP) is 3.49. The minimum absolute atomic E-state index is 0.00899. The van der Waals surface area contributed by atoms with Gasteiger partial charge in [-0.3, -0.25) is 9.59 Å². The summed E-state index contributed by atoms with van der Waals surface area (Å²) >= 11 is 1.31. The summed E-state index contributed by atoms with van der Waals surface area (Å²) in [4.78, 5) is 25.4. The van der Waals surface area contributed by atoms with E-state index < -0.39 is 0 Å². The molecule has 0 aromatic heterocycles. The van der Waals surface area contributed by atoms with Crippen LogP contribution in [0.3, 0.4) is 0 Å². The summed E-state index contributed by atoms with van der Waals surface area (Å²) < 4.78 is 5.33. The predicted molar refractivity (Wildman–Crippen MR) is 94.4 cm³/mol. The number of thioether (sulfide) groups is 1. The standard InChI is InChI=1S/C17H24N2O3S/c1-17(2,3)12-5-6-14(22-4)13(11-12)18-15(20)7-8-19-9-10-23-16(19)21/h5-6,11H,7-10H2,1-4H3,(H,18,20). The number of hydrogen-bond acceptors (Lipinski definition) is 4. The highest BCUT2D eigenvalue weighted by Crippen LogP contribution is 2.31. The van der Waals surface area contributed by atoms with Crippen LogP contribution < -0.4 is 10.1 Å². The lowest BCUT2D eigenvalue weighted by molar-refractivity contribution is -0.116. The first-order valence-electron chi connectivity index (χ1n) is 7.71. The number of ether oxygens (including phenoxy) is 1. The highest BCUT2D eigenvalue weighted by molar-refractivity contribution is 8.13. The molecule has 1 aromatic carbocycles. The third-order valence-corrected chi connectivity index (χ3v) is 4.69. The minimum atomic E-state index is -0.112. The van der Waals surface area contributed by atoms with Crippen molar-refractivity contribution in [1.29, 1.82) is 0 Å². The Hall–Kier alpha value is -1.69. The fourth-order valence-electron chi connectivity index (χ4n) is 2.35. The Balaban J connectivity index is 2.02. The van der Waals surface area contributed by atoms with Crippen molar-refractivity contribution in [2.45, 2.75) is 32.6 Å².